The SMILES string of the molecule is CCOC(=O)c1nn(C)cc(C)c1=O. The molecule has 5 heteroatoms. The molecule has 0 atom stereocenters. The molecule has 1 aromatic rings. The quantitative estimate of drug-likeness (QED) is 0.637. The molecule has 0 unspecified atom stereocenters. The lowest BCUT2D eigenvalue weighted by molar-refractivity contribution is 0.0515. The molecule has 1 rings (SSSR count). The van der Waals surface area contributed by atoms with E-state index in [0.717, 1.165) is 0 Å². The summed E-state index contributed by atoms with van der Waals surface area (Å²) in [7, 11) is 1.65. The van der Waals surface area contributed by atoms with E-state index < -0.39 is 5.97 Å². The molecule has 0 aromatic carbocycles. The first-order valence-electron chi connectivity index (χ1n) is 4.28. The number of nitrogens with zero attached hydrogens (tertiary/aromatic N) is 2. The first-order valence-corrected chi connectivity index (χ1v) is 4.28. The molecule has 76 valence electrons. The van der Waals surface area contributed by atoms with Crippen molar-refractivity contribution in [2.45, 2.75) is 13.8 Å². The van der Waals surface area contributed by atoms with Gasteiger partial charge in [0.15, 0.2) is 0 Å². The van der Waals surface area contributed by atoms with Crippen LogP contribution in [0.4, 0.5) is 0 Å². The van der Waals surface area contributed by atoms with Crippen LogP contribution in [0.1, 0.15) is 23.0 Å². The Labute approximate surface area is 81.3 Å². The lowest BCUT2D eigenvalue weighted by Crippen LogP contribution is -2.24. The number of carbonyl (C=O) groups excluding carboxylic acids is 1. The van der Waals surface area contributed by atoms with Gasteiger partial charge in [0, 0.05) is 18.8 Å². The Morgan fingerprint density at radius 3 is 2.86 bits per heavy atom. The summed E-state index contributed by atoms with van der Waals surface area (Å²) in [6.45, 7) is 3.54. The van der Waals surface area contributed by atoms with Gasteiger partial charge in [0.05, 0.1) is 6.61 Å². The third-order valence-corrected chi connectivity index (χ3v) is 1.68. The van der Waals surface area contributed by atoms with Crippen molar-refractivity contribution in [2.24, 2.45) is 7.05 Å². The summed E-state index contributed by atoms with van der Waals surface area (Å²) < 4.78 is 6.12. The highest BCUT2D eigenvalue weighted by atomic mass is 16.5. The van der Waals surface area contributed by atoms with Crippen LogP contribution in [-0.4, -0.2) is 22.4 Å². The highest BCUT2D eigenvalue weighted by molar-refractivity contribution is 5.87. The highest BCUT2D eigenvalue weighted by Crippen LogP contribution is 1.93. The molecule has 0 fully saturated rings. The third-order valence-electron chi connectivity index (χ3n) is 1.68. The minimum atomic E-state index is -0.670. The predicted octanol–water partition coefficient (Wildman–Crippen LogP) is 0.265. The molecule has 0 aliphatic rings. The molecule has 0 spiro atoms. The van der Waals surface area contributed by atoms with Crippen molar-refractivity contribution in [1.29, 1.82) is 0 Å². The minimum Gasteiger partial charge on any atom is -0.461 e. The van der Waals surface area contributed by atoms with Gasteiger partial charge in [0.2, 0.25) is 11.1 Å². The van der Waals surface area contributed by atoms with Crippen LogP contribution in [0.25, 0.3) is 0 Å². The van der Waals surface area contributed by atoms with E-state index in [1.54, 1.807) is 27.1 Å². The number of hydrogen-bond acceptors (Lipinski definition) is 4. The molecule has 14 heavy (non-hydrogen) atoms. The molecule has 1 aromatic heterocycles. The molecule has 0 saturated carbocycles. The van der Waals surface area contributed by atoms with Crippen molar-refractivity contribution in [2.75, 3.05) is 6.61 Å². The van der Waals surface area contributed by atoms with Gasteiger partial charge in [-0.3, -0.25) is 9.48 Å². The van der Waals surface area contributed by atoms with Crippen molar-refractivity contribution < 1.29 is 9.53 Å². The van der Waals surface area contributed by atoms with Gasteiger partial charge in [-0.1, -0.05) is 0 Å². The van der Waals surface area contributed by atoms with Crippen LogP contribution in [0.15, 0.2) is 11.0 Å². The Bertz CT molecular complexity index is 409. The molecule has 0 aliphatic carbocycles. The van der Waals surface area contributed by atoms with E-state index in [1.807, 2.05) is 0 Å². The zero-order valence-electron chi connectivity index (χ0n) is 8.40. The molecule has 5 nitrogen and oxygen atoms in total. The van der Waals surface area contributed by atoms with Crippen molar-refractivity contribution in [3.63, 3.8) is 0 Å². The summed E-state index contributed by atoms with van der Waals surface area (Å²) in [5, 5.41) is 3.78. The monoisotopic (exact) mass is 196 g/mol. The fourth-order valence-corrected chi connectivity index (χ4v) is 1.09. The van der Waals surface area contributed by atoms with Gasteiger partial charge >= 0.3 is 5.97 Å². The molecule has 0 radical (unpaired) electrons. The zero-order chi connectivity index (χ0) is 10.7. The van der Waals surface area contributed by atoms with Crippen molar-refractivity contribution in [1.82, 2.24) is 9.78 Å². The Hall–Kier alpha value is -1.65. The summed E-state index contributed by atoms with van der Waals surface area (Å²) in [5.41, 5.74) is -0.0542. The second-order valence-electron chi connectivity index (χ2n) is 2.88. The number of rotatable bonds is 2. The number of ether oxygens (including phenoxy) is 1. The van der Waals surface area contributed by atoms with E-state index in [-0.39, 0.29) is 17.7 Å². The standard InChI is InChI=1S/C9H12N2O3/c1-4-14-9(13)7-8(12)6(2)5-11(3)10-7/h5H,4H2,1-3H3. The second kappa shape index (κ2) is 4.04. The number of aryl methyl sites for hydroxylation is 2. The lowest BCUT2D eigenvalue weighted by atomic mass is 10.3. The largest absolute Gasteiger partial charge is 0.461 e. The van der Waals surface area contributed by atoms with Gasteiger partial charge < -0.3 is 4.74 Å². The Balaban J connectivity index is 3.21. The molecular weight excluding hydrogens is 184 g/mol. The van der Waals surface area contributed by atoms with Crippen LogP contribution >= 0.6 is 0 Å². The number of aromatic nitrogens is 2. The first kappa shape index (κ1) is 10.4. The Morgan fingerprint density at radius 2 is 2.29 bits per heavy atom. The summed E-state index contributed by atoms with van der Waals surface area (Å²) in [6.07, 6.45) is 1.56. The first-order chi connectivity index (χ1) is 6.56. The fourth-order valence-electron chi connectivity index (χ4n) is 1.09. The second-order valence-corrected chi connectivity index (χ2v) is 2.88. The van der Waals surface area contributed by atoms with Crippen LogP contribution in [0.2, 0.25) is 0 Å². The minimum absolute atomic E-state index is 0.158. The van der Waals surface area contributed by atoms with Crippen molar-refractivity contribution in [3.05, 3.63) is 27.7 Å². The van der Waals surface area contributed by atoms with Gasteiger partial charge in [-0.05, 0) is 13.8 Å². The Morgan fingerprint density at radius 1 is 1.64 bits per heavy atom. The number of hydrogen-bond donors (Lipinski definition) is 0. The summed E-state index contributed by atoms with van der Waals surface area (Å²) >= 11 is 0. The van der Waals surface area contributed by atoms with Gasteiger partial charge in [-0.15, -0.1) is 0 Å². The normalized spacial score (nSPS) is 9.93. The van der Waals surface area contributed by atoms with Gasteiger partial charge in [-0.25, -0.2) is 4.79 Å². The molecule has 1 heterocycles. The maximum Gasteiger partial charge on any atom is 0.362 e. The van der Waals surface area contributed by atoms with Crippen LogP contribution in [0.5, 0.6) is 0 Å². The molecule has 0 amide bonds. The van der Waals surface area contributed by atoms with Gasteiger partial charge in [0.25, 0.3) is 0 Å². The lowest BCUT2D eigenvalue weighted by Gasteiger charge is -2.03. The maximum absolute atomic E-state index is 11.5. The molecule has 0 aliphatic heterocycles. The summed E-state index contributed by atoms with van der Waals surface area (Å²) in [4.78, 5) is 22.7. The maximum atomic E-state index is 11.5. The number of carbonyl (C=O) groups is 1. The van der Waals surface area contributed by atoms with E-state index in [9.17, 15) is 9.59 Å². The van der Waals surface area contributed by atoms with E-state index in [1.165, 1.54) is 4.68 Å². The summed E-state index contributed by atoms with van der Waals surface area (Å²) in [5.74, 6) is -0.670. The summed E-state index contributed by atoms with van der Waals surface area (Å²) in [6, 6.07) is 0. The van der Waals surface area contributed by atoms with Crippen molar-refractivity contribution in [3.8, 4) is 0 Å². The molecule has 0 N–H and O–H groups in total. The van der Waals surface area contributed by atoms with E-state index in [2.05, 4.69) is 5.10 Å². The highest BCUT2D eigenvalue weighted by Gasteiger charge is 2.15. The van der Waals surface area contributed by atoms with Crippen LogP contribution in [0.3, 0.4) is 0 Å². The fraction of sp³-hybridized carbons (Fsp3) is 0.444. The molecule has 0 saturated heterocycles. The van der Waals surface area contributed by atoms with Gasteiger partial charge in [0.1, 0.15) is 0 Å². The third kappa shape index (κ3) is 1.99. The number of esters is 1. The van der Waals surface area contributed by atoms with Crippen LogP contribution in [-0.2, 0) is 11.8 Å². The van der Waals surface area contributed by atoms with Crippen LogP contribution in [0, 0.1) is 6.92 Å². The van der Waals surface area contributed by atoms with Crippen LogP contribution < -0.4 is 5.43 Å². The molecule has 0 bridgehead atoms. The van der Waals surface area contributed by atoms with E-state index in [0.29, 0.717) is 5.56 Å². The van der Waals surface area contributed by atoms with E-state index in [4.69, 9.17) is 4.74 Å². The van der Waals surface area contributed by atoms with E-state index >= 15 is 0 Å². The average molecular weight is 196 g/mol. The zero-order valence-corrected chi connectivity index (χ0v) is 8.40. The van der Waals surface area contributed by atoms with Crippen molar-refractivity contribution >= 4 is 5.97 Å². The van der Waals surface area contributed by atoms with Gasteiger partial charge in [-0.2, -0.15) is 5.10 Å². The average Bonchev–Trinajstić information content (AvgIpc) is 2.11. The predicted molar refractivity (Wildman–Crippen MR) is 50.2 cm³/mol. The topological polar surface area (TPSA) is 61.2 Å². The smallest absolute Gasteiger partial charge is 0.362 e. The molecular formula is C9H12N2O3. The Kier molecular flexibility index (Phi) is 3.01.